The van der Waals surface area contributed by atoms with Crippen LogP contribution in [0.4, 0.5) is 18.9 Å². The van der Waals surface area contributed by atoms with Gasteiger partial charge >= 0.3 is 6.18 Å². The van der Waals surface area contributed by atoms with Crippen LogP contribution in [0, 0.1) is 17.3 Å². The standard InChI is InChI=1S/C38H36F3N5O/c1-37-17-5-4-10-27(37)20-31(30-13-2-3-14-32(30)37)35(43-23-24-15-16-24)26-9-7-11-28(19-26)44-36(47)33-21-34(38(39,40)41)45-46(33)29-12-6-8-25(18-29)22-42/h2-14,17-21,24,32,35,43H,15-16,22-23,42H2,1H3,(H,44,47). The van der Waals surface area contributed by atoms with E-state index in [1.54, 1.807) is 30.3 Å². The van der Waals surface area contributed by atoms with Gasteiger partial charge in [0.15, 0.2) is 5.69 Å². The van der Waals surface area contributed by atoms with Crippen molar-refractivity contribution in [2.45, 2.75) is 38.5 Å². The highest BCUT2D eigenvalue weighted by Gasteiger charge is 2.41. The van der Waals surface area contributed by atoms with Gasteiger partial charge in [-0.1, -0.05) is 85.9 Å². The summed E-state index contributed by atoms with van der Waals surface area (Å²) in [5, 5.41) is 10.4. The van der Waals surface area contributed by atoms with Crippen LogP contribution < -0.4 is 16.4 Å². The first-order valence-corrected chi connectivity index (χ1v) is 15.9. The lowest BCUT2D eigenvalue weighted by atomic mass is 9.61. The Balaban J connectivity index is 1.24. The van der Waals surface area contributed by atoms with Crippen molar-refractivity contribution in [3.8, 4) is 5.69 Å². The number of alkyl halides is 3. The first-order valence-electron chi connectivity index (χ1n) is 15.9. The fourth-order valence-corrected chi connectivity index (χ4v) is 6.72. The van der Waals surface area contributed by atoms with Gasteiger partial charge in [0.25, 0.3) is 5.91 Å². The van der Waals surface area contributed by atoms with E-state index in [9.17, 15) is 18.0 Å². The lowest BCUT2D eigenvalue weighted by Gasteiger charge is -2.43. The maximum Gasteiger partial charge on any atom is 0.435 e. The average molecular weight is 636 g/mol. The molecule has 3 unspecified atom stereocenters. The van der Waals surface area contributed by atoms with E-state index in [-0.39, 0.29) is 29.6 Å². The van der Waals surface area contributed by atoms with Crippen LogP contribution in [0.5, 0.6) is 0 Å². The van der Waals surface area contributed by atoms with E-state index in [4.69, 9.17) is 5.73 Å². The van der Waals surface area contributed by atoms with Gasteiger partial charge in [0, 0.05) is 29.6 Å². The van der Waals surface area contributed by atoms with Gasteiger partial charge in [-0.2, -0.15) is 18.3 Å². The van der Waals surface area contributed by atoms with Gasteiger partial charge < -0.3 is 16.4 Å². The fourth-order valence-electron chi connectivity index (χ4n) is 6.72. The van der Waals surface area contributed by atoms with Crippen molar-refractivity contribution in [1.29, 1.82) is 0 Å². The van der Waals surface area contributed by atoms with Gasteiger partial charge in [-0.05, 0) is 77.4 Å². The molecular formula is C38H36F3N5O. The third kappa shape index (κ3) is 6.08. The van der Waals surface area contributed by atoms with E-state index in [0.717, 1.165) is 22.9 Å². The number of nitrogens with two attached hydrogens (primary N) is 1. The number of carbonyl (C=O) groups is 1. The normalized spacial score (nSPS) is 22.1. The monoisotopic (exact) mass is 635 g/mol. The number of rotatable bonds is 9. The van der Waals surface area contributed by atoms with Crippen LogP contribution in [-0.2, 0) is 12.7 Å². The quantitative estimate of drug-likeness (QED) is 0.225. The number of aromatic nitrogens is 2. The van der Waals surface area contributed by atoms with Gasteiger partial charge in [-0.3, -0.25) is 4.79 Å². The number of fused-ring (bicyclic) bond motifs is 3. The molecule has 0 radical (unpaired) electrons. The Hall–Kier alpha value is -4.73. The highest BCUT2D eigenvalue weighted by Crippen LogP contribution is 2.51. The van der Waals surface area contributed by atoms with Crippen molar-refractivity contribution in [2.75, 3.05) is 11.9 Å². The molecule has 2 aromatic carbocycles. The molecule has 1 saturated carbocycles. The first-order chi connectivity index (χ1) is 22.6. The van der Waals surface area contributed by atoms with Crippen LogP contribution in [0.2, 0.25) is 0 Å². The third-order valence-electron chi connectivity index (χ3n) is 9.49. The van der Waals surface area contributed by atoms with Crippen molar-refractivity contribution >= 4 is 11.6 Å². The summed E-state index contributed by atoms with van der Waals surface area (Å²) in [6.07, 6.45) is 17.2. The molecule has 6 nitrogen and oxygen atoms in total. The summed E-state index contributed by atoms with van der Waals surface area (Å²) >= 11 is 0. The highest BCUT2D eigenvalue weighted by molar-refractivity contribution is 6.03. The molecule has 4 N–H and O–H groups in total. The second-order valence-corrected chi connectivity index (χ2v) is 12.8. The smallest absolute Gasteiger partial charge is 0.326 e. The van der Waals surface area contributed by atoms with E-state index in [0.29, 0.717) is 22.9 Å². The zero-order chi connectivity index (χ0) is 32.8. The third-order valence-corrected chi connectivity index (χ3v) is 9.49. The molecular weight excluding hydrogens is 599 g/mol. The van der Waals surface area contributed by atoms with E-state index < -0.39 is 17.8 Å². The Bertz CT molecular complexity index is 1910. The highest BCUT2D eigenvalue weighted by atomic mass is 19.4. The summed E-state index contributed by atoms with van der Waals surface area (Å²) in [7, 11) is 0. The number of nitrogens with one attached hydrogen (secondary N) is 2. The molecule has 4 aliphatic rings. The average Bonchev–Trinajstić information content (AvgIpc) is 3.78. The predicted octanol–water partition coefficient (Wildman–Crippen LogP) is 7.75. The topological polar surface area (TPSA) is 85.0 Å². The number of benzene rings is 2. The van der Waals surface area contributed by atoms with Crippen LogP contribution in [0.25, 0.3) is 5.69 Å². The van der Waals surface area contributed by atoms with Crippen molar-refractivity contribution in [3.63, 3.8) is 0 Å². The molecule has 240 valence electrons. The minimum absolute atomic E-state index is 0.159. The number of amides is 1. The van der Waals surface area contributed by atoms with E-state index in [1.165, 1.54) is 29.6 Å². The van der Waals surface area contributed by atoms with E-state index >= 15 is 0 Å². The molecule has 3 aromatic rings. The van der Waals surface area contributed by atoms with E-state index in [1.807, 2.05) is 18.2 Å². The molecule has 1 heterocycles. The second kappa shape index (κ2) is 12.1. The van der Waals surface area contributed by atoms with Crippen LogP contribution >= 0.6 is 0 Å². The SMILES string of the molecule is CC12C=CC=CC1=CC(C(NCC1CC1)c1cccc(NC(=O)c3cc(C(F)(F)F)nn3-c3cccc(CN)c3)c1)=C1C=CC=CC12. The zero-order valence-corrected chi connectivity index (χ0v) is 26.0. The molecule has 9 heteroatoms. The minimum atomic E-state index is -4.73. The Kier molecular flexibility index (Phi) is 7.98. The molecule has 1 amide bonds. The summed E-state index contributed by atoms with van der Waals surface area (Å²) in [5.41, 5.74) is 10.3. The maximum atomic E-state index is 13.8. The Morgan fingerprint density at radius 1 is 1.06 bits per heavy atom. The molecule has 3 atom stereocenters. The van der Waals surface area contributed by atoms with Gasteiger partial charge in [-0.15, -0.1) is 0 Å². The number of carbonyl (C=O) groups excluding carboxylic acids is 1. The summed E-state index contributed by atoms with van der Waals surface area (Å²) < 4.78 is 42.3. The second-order valence-electron chi connectivity index (χ2n) is 12.8. The molecule has 7 rings (SSSR count). The van der Waals surface area contributed by atoms with Crippen molar-refractivity contribution < 1.29 is 18.0 Å². The number of allylic oxidation sites excluding steroid dienone is 10. The molecule has 0 saturated heterocycles. The fraction of sp³-hybridized carbons (Fsp3) is 0.263. The van der Waals surface area contributed by atoms with Crippen LogP contribution in [0.1, 0.15) is 53.1 Å². The predicted molar refractivity (Wildman–Crippen MR) is 178 cm³/mol. The van der Waals surface area contributed by atoms with Gasteiger partial charge in [-0.25, -0.2) is 4.68 Å². The summed E-state index contributed by atoms with van der Waals surface area (Å²) in [5.74, 6) is 0.0871. The number of halogens is 3. The van der Waals surface area contributed by atoms with E-state index in [2.05, 4.69) is 77.3 Å². The maximum absolute atomic E-state index is 13.8. The van der Waals surface area contributed by atoms with Crippen LogP contribution in [-0.4, -0.2) is 22.2 Å². The van der Waals surface area contributed by atoms with Crippen molar-refractivity contribution in [3.05, 3.63) is 149 Å². The Morgan fingerprint density at radius 2 is 1.87 bits per heavy atom. The molecule has 1 aromatic heterocycles. The summed E-state index contributed by atoms with van der Waals surface area (Å²) in [6.45, 7) is 3.33. The minimum Gasteiger partial charge on any atom is -0.326 e. The molecule has 0 aliphatic heterocycles. The number of nitrogens with zero attached hydrogens (tertiary/aromatic N) is 2. The molecule has 1 fully saturated rings. The van der Waals surface area contributed by atoms with Gasteiger partial charge in [0.05, 0.1) is 11.7 Å². The van der Waals surface area contributed by atoms with Crippen LogP contribution in [0.3, 0.4) is 0 Å². The van der Waals surface area contributed by atoms with Gasteiger partial charge in [0.2, 0.25) is 0 Å². The molecule has 47 heavy (non-hydrogen) atoms. The number of anilines is 1. The summed E-state index contributed by atoms with van der Waals surface area (Å²) in [4.78, 5) is 13.7. The molecule has 0 spiro atoms. The Morgan fingerprint density at radius 3 is 2.66 bits per heavy atom. The van der Waals surface area contributed by atoms with Crippen molar-refractivity contribution in [2.24, 2.45) is 23.0 Å². The lowest BCUT2D eigenvalue weighted by molar-refractivity contribution is -0.141. The number of hydrogen-bond donors (Lipinski definition) is 3. The Labute approximate surface area is 271 Å². The lowest BCUT2D eigenvalue weighted by Crippen LogP contribution is -2.35. The first kappa shape index (κ1) is 30.9. The molecule has 4 aliphatic carbocycles. The number of hydrogen-bond acceptors (Lipinski definition) is 4. The van der Waals surface area contributed by atoms with Crippen molar-refractivity contribution in [1.82, 2.24) is 15.1 Å². The zero-order valence-electron chi connectivity index (χ0n) is 26.0. The van der Waals surface area contributed by atoms with Crippen LogP contribution in [0.15, 0.2) is 126 Å². The molecule has 0 bridgehead atoms. The van der Waals surface area contributed by atoms with Gasteiger partial charge in [0.1, 0.15) is 5.69 Å². The largest absolute Gasteiger partial charge is 0.435 e. The summed E-state index contributed by atoms with van der Waals surface area (Å²) in [6, 6.07) is 14.8.